The summed E-state index contributed by atoms with van der Waals surface area (Å²) >= 11 is 0. The highest BCUT2D eigenvalue weighted by atomic mass is 19.1. The van der Waals surface area contributed by atoms with Crippen LogP contribution in [0.2, 0.25) is 0 Å². The second-order valence-electron chi connectivity index (χ2n) is 8.19. The number of hydrogen-bond donors (Lipinski definition) is 1. The molecule has 2 aliphatic rings. The molecule has 1 N–H and O–H groups in total. The topological polar surface area (TPSA) is 87.7 Å². The number of amides is 2. The SMILES string of the molecule is CNc1nc([C@@H]2CCCN(C(=O)COc3ccccc3F)C2)nc2c1CN(C(C)=O)CC2. The van der Waals surface area contributed by atoms with E-state index in [1.54, 1.807) is 28.9 Å². The number of fused-ring (bicyclic) bond motifs is 1. The average Bonchev–Trinajstić information content (AvgIpc) is 2.82. The van der Waals surface area contributed by atoms with Crippen LogP contribution in [0, 0.1) is 5.82 Å². The standard InChI is InChI=1S/C23H28FN5O3/c1-15(30)28-11-9-19-17(13-28)23(25-2)27-22(26-19)16-6-5-10-29(12-16)21(31)14-32-20-8-4-3-7-18(20)24/h3-4,7-8,16H,5-6,9-14H2,1-2H3,(H,25,26,27)/t16-/m1/s1. The molecule has 0 bridgehead atoms. The lowest BCUT2D eigenvalue weighted by atomic mass is 9.96. The molecule has 1 aromatic heterocycles. The minimum atomic E-state index is -0.484. The molecule has 2 aromatic rings. The van der Waals surface area contributed by atoms with Crippen molar-refractivity contribution in [3.8, 4) is 5.75 Å². The Morgan fingerprint density at radius 2 is 2.03 bits per heavy atom. The average molecular weight is 442 g/mol. The van der Waals surface area contributed by atoms with Crippen LogP contribution in [-0.4, -0.2) is 64.9 Å². The van der Waals surface area contributed by atoms with E-state index in [0.717, 1.165) is 35.7 Å². The fourth-order valence-electron chi connectivity index (χ4n) is 4.30. The van der Waals surface area contributed by atoms with Gasteiger partial charge in [-0.3, -0.25) is 9.59 Å². The lowest BCUT2D eigenvalue weighted by Gasteiger charge is -2.33. The quantitative estimate of drug-likeness (QED) is 0.767. The molecule has 9 heteroatoms. The van der Waals surface area contributed by atoms with E-state index in [-0.39, 0.29) is 30.1 Å². The molecule has 4 rings (SSSR count). The number of nitrogens with zero attached hydrogens (tertiary/aromatic N) is 4. The highest BCUT2D eigenvalue weighted by Gasteiger charge is 2.30. The van der Waals surface area contributed by atoms with E-state index in [4.69, 9.17) is 14.7 Å². The number of aromatic nitrogens is 2. The summed E-state index contributed by atoms with van der Waals surface area (Å²) in [5.74, 6) is 0.930. The first-order chi connectivity index (χ1) is 15.5. The molecule has 0 spiro atoms. The van der Waals surface area contributed by atoms with E-state index < -0.39 is 5.82 Å². The monoisotopic (exact) mass is 441 g/mol. The van der Waals surface area contributed by atoms with Crippen molar-refractivity contribution in [2.24, 2.45) is 0 Å². The second-order valence-corrected chi connectivity index (χ2v) is 8.19. The lowest BCUT2D eigenvalue weighted by Crippen LogP contribution is -2.42. The maximum Gasteiger partial charge on any atom is 0.260 e. The van der Waals surface area contributed by atoms with Crippen molar-refractivity contribution in [3.05, 3.63) is 47.2 Å². The van der Waals surface area contributed by atoms with Crippen molar-refractivity contribution in [2.75, 3.05) is 38.6 Å². The first kappa shape index (κ1) is 22.0. The third kappa shape index (κ3) is 4.66. The maximum absolute atomic E-state index is 13.7. The van der Waals surface area contributed by atoms with E-state index in [0.29, 0.717) is 32.6 Å². The molecule has 3 heterocycles. The van der Waals surface area contributed by atoms with E-state index in [2.05, 4.69) is 5.32 Å². The number of ether oxygens (including phenoxy) is 1. The summed E-state index contributed by atoms with van der Waals surface area (Å²) < 4.78 is 19.1. The molecule has 32 heavy (non-hydrogen) atoms. The van der Waals surface area contributed by atoms with Crippen LogP contribution in [-0.2, 0) is 22.6 Å². The zero-order valence-corrected chi connectivity index (χ0v) is 18.4. The highest BCUT2D eigenvalue weighted by molar-refractivity contribution is 5.78. The molecule has 0 saturated carbocycles. The van der Waals surface area contributed by atoms with E-state index in [1.165, 1.54) is 12.1 Å². The van der Waals surface area contributed by atoms with Crippen LogP contribution in [0.1, 0.15) is 42.8 Å². The Morgan fingerprint density at radius 1 is 1.22 bits per heavy atom. The Bertz CT molecular complexity index is 998. The van der Waals surface area contributed by atoms with Gasteiger partial charge < -0.3 is 19.9 Å². The molecule has 2 amide bonds. The number of para-hydroxylation sites is 1. The smallest absolute Gasteiger partial charge is 0.260 e. The number of nitrogens with one attached hydrogen (secondary N) is 1. The summed E-state index contributed by atoms with van der Waals surface area (Å²) in [6.45, 7) is 3.65. The molecule has 0 radical (unpaired) electrons. The van der Waals surface area contributed by atoms with Crippen molar-refractivity contribution >= 4 is 17.6 Å². The number of piperidine rings is 1. The van der Waals surface area contributed by atoms with Gasteiger partial charge in [-0.15, -0.1) is 0 Å². The van der Waals surface area contributed by atoms with Crippen LogP contribution in [0.25, 0.3) is 0 Å². The van der Waals surface area contributed by atoms with Gasteiger partial charge in [0.25, 0.3) is 5.91 Å². The number of halogens is 1. The van der Waals surface area contributed by atoms with Gasteiger partial charge in [0.2, 0.25) is 5.91 Å². The maximum atomic E-state index is 13.7. The molecule has 0 unspecified atom stereocenters. The van der Waals surface area contributed by atoms with Crippen LogP contribution in [0.5, 0.6) is 5.75 Å². The normalized spacial score (nSPS) is 18.2. The summed E-state index contributed by atoms with van der Waals surface area (Å²) in [5, 5.41) is 3.15. The number of likely N-dealkylation sites (tertiary alicyclic amines) is 1. The predicted octanol–water partition coefficient (Wildman–Crippen LogP) is 2.35. The van der Waals surface area contributed by atoms with Gasteiger partial charge in [-0.2, -0.15) is 0 Å². The van der Waals surface area contributed by atoms with Gasteiger partial charge in [-0.25, -0.2) is 14.4 Å². The van der Waals surface area contributed by atoms with Crippen molar-refractivity contribution in [2.45, 2.75) is 38.6 Å². The molecule has 1 aromatic carbocycles. The van der Waals surface area contributed by atoms with Crippen LogP contribution in [0.15, 0.2) is 24.3 Å². The number of rotatable bonds is 5. The van der Waals surface area contributed by atoms with Gasteiger partial charge in [0.1, 0.15) is 11.6 Å². The Hall–Kier alpha value is -3.23. The van der Waals surface area contributed by atoms with Crippen LogP contribution < -0.4 is 10.1 Å². The van der Waals surface area contributed by atoms with Gasteiger partial charge in [0.15, 0.2) is 18.2 Å². The summed E-state index contributed by atoms with van der Waals surface area (Å²) in [6, 6.07) is 6.06. The van der Waals surface area contributed by atoms with Gasteiger partial charge in [-0.05, 0) is 25.0 Å². The Kier molecular flexibility index (Phi) is 6.53. The summed E-state index contributed by atoms with van der Waals surface area (Å²) in [6.07, 6.45) is 2.41. The molecular weight excluding hydrogens is 413 g/mol. The first-order valence-electron chi connectivity index (χ1n) is 10.9. The van der Waals surface area contributed by atoms with Gasteiger partial charge in [0, 0.05) is 51.5 Å². The third-order valence-corrected chi connectivity index (χ3v) is 6.09. The van der Waals surface area contributed by atoms with E-state index in [1.807, 2.05) is 7.05 Å². The molecule has 2 aliphatic heterocycles. The largest absolute Gasteiger partial charge is 0.481 e. The van der Waals surface area contributed by atoms with E-state index in [9.17, 15) is 14.0 Å². The molecule has 1 atom stereocenters. The van der Waals surface area contributed by atoms with Gasteiger partial charge >= 0.3 is 0 Å². The number of hydrogen-bond acceptors (Lipinski definition) is 6. The van der Waals surface area contributed by atoms with Crippen LogP contribution in [0.3, 0.4) is 0 Å². The zero-order valence-electron chi connectivity index (χ0n) is 18.4. The minimum absolute atomic E-state index is 0.0180. The number of carbonyl (C=O) groups excluding carboxylic acids is 2. The summed E-state index contributed by atoms with van der Waals surface area (Å²) in [7, 11) is 1.82. The molecule has 1 fully saturated rings. The third-order valence-electron chi connectivity index (χ3n) is 6.09. The predicted molar refractivity (Wildman–Crippen MR) is 117 cm³/mol. The van der Waals surface area contributed by atoms with Crippen LogP contribution >= 0.6 is 0 Å². The van der Waals surface area contributed by atoms with Crippen molar-refractivity contribution in [3.63, 3.8) is 0 Å². The minimum Gasteiger partial charge on any atom is -0.481 e. The molecule has 1 saturated heterocycles. The van der Waals surface area contributed by atoms with Gasteiger partial charge in [0.05, 0.1) is 12.2 Å². The van der Waals surface area contributed by atoms with Crippen molar-refractivity contribution in [1.82, 2.24) is 19.8 Å². The fraction of sp³-hybridized carbons (Fsp3) is 0.478. The Balaban J connectivity index is 1.45. The molecule has 170 valence electrons. The number of benzene rings is 1. The lowest BCUT2D eigenvalue weighted by molar-refractivity contribution is -0.134. The van der Waals surface area contributed by atoms with Crippen LogP contribution in [0.4, 0.5) is 10.2 Å². The number of anilines is 1. The number of carbonyl (C=O) groups is 2. The van der Waals surface area contributed by atoms with Gasteiger partial charge in [-0.1, -0.05) is 12.1 Å². The molecule has 0 aliphatic carbocycles. The zero-order chi connectivity index (χ0) is 22.7. The Morgan fingerprint density at radius 3 is 2.78 bits per heavy atom. The Labute approximate surface area is 186 Å². The van der Waals surface area contributed by atoms with E-state index >= 15 is 0 Å². The van der Waals surface area contributed by atoms with Crippen molar-refractivity contribution in [1.29, 1.82) is 0 Å². The second kappa shape index (κ2) is 9.50. The molecule has 8 nitrogen and oxygen atoms in total. The van der Waals surface area contributed by atoms with Crippen molar-refractivity contribution < 1.29 is 18.7 Å². The summed E-state index contributed by atoms with van der Waals surface area (Å²) in [4.78, 5) is 37.6. The molecular formula is C23H28FN5O3. The fourth-order valence-corrected chi connectivity index (χ4v) is 4.30. The summed E-state index contributed by atoms with van der Waals surface area (Å²) in [5.41, 5.74) is 1.92. The first-order valence-corrected chi connectivity index (χ1v) is 10.9. The highest BCUT2D eigenvalue weighted by Crippen LogP contribution is 2.30.